The topological polar surface area (TPSA) is 21.3 Å². The molecule has 1 aromatic carbocycles. The zero-order chi connectivity index (χ0) is 12.0. The summed E-state index contributed by atoms with van der Waals surface area (Å²) in [4.78, 5) is 0. The van der Waals surface area contributed by atoms with Crippen LogP contribution in [0.25, 0.3) is 0 Å². The van der Waals surface area contributed by atoms with Gasteiger partial charge >= 0.3 is 0 Å². The average Bonchev–Trinajstić information content (AvgIpc) is 2.24. The lowest BCUT2D eigenvalue weighted by Gasteiger charge is -2.23. The van der Waals surface area contributed by atoms with E-state index < -0.39 is 0 Å². The summed E-state index contributed by atoms with van der Waals surface area (Å²) in [5, 5.41) is 3.33. The van der Waals surface area contributed by atoms with Crippen molar-refractivity contribution in [1.82, 2.24) is 5.32 Å². The molecule has 1 rings (SSSR count). The van der Waals surface area contributed by atoms with Gasteiger partial charge in [0.25, 0.3) is 0 Å². The van der Waals surface area contributed by atoms with Gasteiger partial charge in [0.05, 0.1) is 0 Å². The average molecular weight is 286 g/mol. The van der Waals surface area contributed by atoms with Gasteiger partial charge in [0.15, 0.2) is 0 Å². The molecule has 90 valence electrons. The van der Waals surface area contributed by atoms with Crippen molar-refractivity contribution in [3.63, 3.8) is 0 Å². The van der Waals surface area contributed by atoms with Crippen molar-refractivity contribution >= 4 is 15.9 Å². The van der Waals surface area contributed by atoms with Crippen LogP contribution >= 0.6 is 15.9 Å². The van der Waals surface area contributed by atoms with E-state index in [0.29, 0.717) is 5.92 Å². The van der Waals surface area contributed by atoms with Crippen LogP contribution in [0.15, 0.2) is 28.7 Å². The van der Waals surface area contributed by atoms with Gasteiger partial charge in [0, 0.05) is 11.0 Å². The molecule has 0 saturated carbocycles. The SMILES string of the molecule is CCNCC(Oc1cccc(Br)c1)C(C)C. The van der Waals surface area contributed by atoms with Gasteiger partial charge in [-0.2, -0.15) is 0 Å². The first kappa shape index (κ1) is 13.5. The Balaban J connectivity index is 2.60. The number of nitrogens with one attached hydrogen (secondary N) is 1. The van der Waals surface area contributed by atoms with Crippen LogP contribution in [0.4, 0.5) is 0 Å². The fourth-order valence-corrected chi connectivity index (χ4v) is 1.79. The first-order chi connectivity index (χ1) is 7.63. The lowest BCUT2D eigenvalue weighted by atomic mass is 10.1. The van der Waals surface area contributed by atoms with Crippen molar-refractivity contribution in [2.24, 2.45) is 5.92 Å². The second-order valence-electron chi connectivity index (χ2n) is 4.17. The van der Waals surface area contributed by atoms with Crippen molar-refractivity contribution < 1.29 is 4.74 Å². The third-order valence-corrected chi connectivity index (χ3v) is 2.92. The number of benzene rings is 1. The minimum Gasteiger partial charge on any atom is -0.489 e. The molecule has 3 heteroatoms. The Morgan fingerprint density at radius 2 is 2.12 bits per heavy atom. The molecular formula is C13H20BrNO. The molecule has 0 heterocycles. The van der Waals surface area contributed by atoms with Crippen LogP contribution in [0.2, 0.25) is 0 Å². The van der Waals surface area contributed by atoms with Crippen molar-refractivity contribution in [1.29, 1.82) is 0 Å². The van der Waals surface area contributed by atoms with E-state index in [9.17, 15) is 0 Å². The van der Waals surface area contributed by atoms with E-state index in [4.69, 9.17) is 4.74 Å². The molecule has 0 fully saturated rings. The normalized spacial score (nSPS) is 12.8. The molecule has 0 aliphatic rings. The Hall–Kier alpha value is -0.540. The highest BCUT2D eigenvalue weighted by Gasteiger charge is 2.14. The molecule has 0 radical (unpaired) electrons. The minimum atomic E-state index is 0.217. The molecule has 1 atom stereocenters. The summed E-state index contributed by atoms with van der Waals surface area (Å²) in [5.74, 6) is 1.42. The number of ether oxygens (including phenoxy) is 1. The second kappa shape index (κ2) is 6.92. The van der Waals surface area contributed by atoms with Gasteiger partial charge in [-0.15, -0.1) is 0 Å². The molecule has 0 saturated heterocycles. The first-order valence-corrected chi connectivity index (χ1v) is 6.55. The van der Waals surface area contributed by atoms with Crippen LogP contribution in [0.5, 0.6) is 5.75 Å². The second-order valence-corrected chi connectivity index (χ2v) is 5.08. The van der Waals surface area contributed by atoms with Crippen molar-refractivity contribution in [2.45, 2.75) is 26.9 Å². The largest absolute Gasteiger partial charge is 0.489 e. The van der Waals surface area contributed by atoms with Crippen LogP contribution in [0, 0.1) is 5.92 Å². The Morgan fingerprint density at radius 1 is 1.38 bits per heavy atom. The minimum absolute atomic E-state index is 0.217. The fraction of sp³-hybridized carbons (Fsp3) is 0.538. The summed E-state index contributed by atoms with van der Waals surface area (Å²) in [5.41, 5.74) is 0. The van der Waals surface area contributed by atoms with Crippen LogP contribution in [-0.4, -0.2) is 19.2 Å². The predicted molar refractivity (Wildman–Crippen MR) is 71.9 cm³/mol. The van der Waals surface area contributed by atoms with Crippen LogP contribution < -0.4 is 10.1 Å². The smallest absolute Gasteiger partial charge is 0.120 e. The summed E-state index contributed by atoms with van der Waals surface area (Å²) in [6.45, 7) is 8.34. The molecule has 0 bridgehead atoms. The Labute approximate surface area is 107 Å². The van der Waals surface area contributed by atoms with Crippen LogP contribution in [0.1, 0.15) is 20.8 Å². The Kier molecular flexibility index (Phi) is 5.85. The van der Waals surface area contributed by atoms with E-state index >= 15 is 0 Å². The summed E-state index contributed by atoms with van der Waals surface area (Å²) >= 11 is 3.45. The molecule has 1 aromatic rings. The molecule has 0 aliphatic carbocycles. The molecular weight excluding hydrogens is 266 g/mol. The monoisotopic (exact) mass is 285 g/mol. The van der Waals surface area contributed by atoms with Gasteiger partial charge < -0.3 is 10.1 Å². The molecule has 0 amide bonds. The number of hydrogen-bond acceptors (Lipinski definition) is 2. The number of hydrogen-bond donors (Lipinski definition) is 1. The Morgan fingerprint density at radius 3 is 2.69 bits per heavy atom. The summed E-state index contributed by atoms with van der Waals surface area (Å²) < 4.78 is 7.02. The van der Waals surface area contributed by atoms with Crippen LogP contribution in [-0.2, 0) is 0 Å². The van der Waals surface area contributed by atoms with Crippen molar-refractivity contribution in [3.05, 3.63) is 28.7 Å². The third-order valence-electron chi connectivity index (χ3n) is 2.42. The zero-order valence-corrected chi connectivity index (χ0v) is 11.8. The molecule has 0 aliphatic heterocycles. The number of likely N-dealkylation sites (N-methyl/N-ethyl adjacent to an activating group) is 1. The van der Waals surface area contributed by atoms with E-state index in [0.717, 1.165) is 23.3 Å². The molecule has 0 aromatic heterocycles. The van der Waals surface area contributed by atoms with E-state index in [1.54, 1.807) is 0 Å². The third kappa shape index (κ3) is 4.54. The van der Waals surface area contributed by atoms with E-state index in [1.807, 2.05) is 24.3 Å². The van der Waals surface area contributed by atoms with E-state index in [1.165, 1.54) is 0 Å². The van der Waals surface area contributed by atoms with Gasteiger partial charge in [-0.05, 0) is 30.7 Å². The highest BCUT2D eigenvalue weighted by atomic mass is 79.9. The van der Waals surface area contributed by atoms with Crippen molar-refractivity contribution in [2.75, 3.05) is 13.1 Å². The van der Waals surface area contributed by atoms with E-state index in [2.05, 4.69) is 42.0 Å². The highest BCUT2D eigenvalue weighted by Crippen LogP contribution is 2.20. The standard InChI is InChI=1S/C13H20BrNO/c1-4-15-9-13(10(2)3)16-12-7-5-6-11(14)8-12/h5-8,10,13,15H,4,9H2,1-3H3. The zero-order valence-electron chi connectivity index (χ0n) is 10.2. The summed E-state index contributed by atoms with van der Waals surface area (Å²) in [6.07, 6.45) is 0.217. The van der Waals surface area contributed by atoms with Gasteiger partial charge in [-0.3, -0.25) is 0 Å². The van der Waals surface area contributed by atoms with Gasteiger partial charge in [0.1, 0.15) is 11.9 Å². The summed E-state index contributed by atoms with van der Waals surface area (Å²) in [6, 6.07) is 7.99. The maximum atomic E-state index is 5.97. The fourth-order valence-electron chi connectivity index (χ4n) is 1.42. The maximum Gasteiger partial charge on any atom is 0.120 e. The lowest BCUT2D eigenvalue weighted by molar-refractivity contribution is 0.149. The first-order valence-electron chi connectivity index (χ1n) is 5.76. The van der Waals surface area contributed by atoms with Gasteiger partial charge in [0.2, 0.25) is 0 Å². The maximum absolute atomic E-state index is 5.97. The molecule has 1 N–H and O–H groups in total. The molecule has 0 spiro atoms. The van der Waals surface area contributed by atoms with Crippen LogP contribution in [0.3, 0.4) is 0 Å². The molecule has 16 heavy (non-hydrogen) atoms. The predicted octanol–water partition coefficient (Wildman–Crippen LogP) is 3.46. The number of rotatable bonds is 6. The van der Waals surface area contributed by atoms with Gasteiger partial charge in [-0.25, -0.2) is 0 Å². The summed E-state index contributed by atoms with van der Waals surface area (Å²) in [7, 11) is 0. The molecule has 1 unspecified atom stereocenters. The van der Waals surface area contributed by atoms with Crippen molar-refractivity contribution in [3.8, 4) is 5.75 Å². The Bertz CT molecular complexity index is 315. The highest BCUT2D eigenvalue weighted by molar-refractivity contribution is 9.10. The quantitative estimate of drug-likeness (QED) is 0.864. The molecule has 2 nitrogen and oxygen atoms in total. The number of halogens is 1. The lowest BCUT2D eigenvalue weighted by Crippen LogP contribution is -2.35. The van der Waals surface area contributed by atoms with Gasteiger partial charge in [-0.1, -0.05) is 42.8 Å². The van der Waals surface area contributed by atoms with E-state index in [-0.39, 0.29) is 6.10 Å².